The van der Waals surface area contributed by atoms with Crippen molar-refractivity contribution in [3.8, 4) is 0 Å². The number of nitrogens with two attached hydrogens (primary N) is 1. The summed E-state index contributed by atoms with van der Waals surface area (Å²) < 4.78 is 0. The third kappa shape index (κ3) is 6.25. The molecule has 0 aliphatic heterocycles. The van der Waals surface area contributed by atoms with Gasteiger partial charge in [-0.15, -0.1) is 0 Å². The van der Waals surface area contributed by atoms with Crippen LogP contribution in [-0.2, 0) is 11.2 Å². The van der Waals surface area contributed by atoms with Crippen molar-refractivity contribution in [1.82, 2.24) is 10.3 Å². The molecule has 0 fully saturated rings. The molecule has 0 unspecified atom stereocenters. The summed E-state index contributed by atoms with van der Waals surface area (Å²) in [5.74, 6) is 0.0698. The van der Waals surface area contributed by atoms with Gasteiger partial charge in [0.2, 0.25) is 5.91 Å². The molecule has 1 aromatic rings. The van der Waals surface area contributed by atoms with Gasteiger partial charge in [0.1, 0.15) is 5.82 Å². The van der Waals surface area contributed by atoms with Crippen molar-refractivity contribution in [2.75, 3.05) is 18.4 Å². The van der Waals surface area contributed by atoms with Gasteiger partial charge < -0.3 is 16.4 Å². The Morgan fingerprint density at radius 3 is 2.57 bits per heavy atom. The number of aromatic nitrogens is 1. The molecule has 0 atom stereocenters. The molecule has 6 heteroatoms. The van der Waals surface area contributed by atoms with E-state index in [4.69, 9.17) is 5.73 Å². The number of hydrogen-bond acceptors (Lipinski definition) is 4. The molecule has 0 spiro atoms. The van der Waals surface area contributed by atoms with Gasteiger partial charge in [-0.05, 0) is 25.0 Å². The molecule has 0 aliphatic rings. The quantitative estimate of drug-likeness (QED) is 0.642. The molecule has 0 saturated carbocycles. The van der Waals surface area contributed by atoms with Gasteiger partial charge in [0.05, 0.1) is 0 Å². The van der Waals surface area contributed by atoms with Crippen LogP contribution in [0, 0.1) is 0 Å². The summed E-state index contributed by atoms with van der Waals surface area (Å²) in [4.78, 5) is 27.3. The molecule has 4 N–H and O–H groups in total. The molecule has 0 saturated heterocycles. The van der Waals surface area contributed by atoms with Crippen LogP contribution in [0.3, 0.4) is 0 Å². The smallest absolute Gasteiger partial charge is 0.251 e. The van der Waals surface area contributed by atoms with Gasteiger partial charge in [-0.1, -0.05) is 20.3 Å². The van der Waals surface area contributed by atoms with Crippen molar-refractivity contribution < 1.29 is 9.59 Å². The molecule has 1 heterocycles. The van der Waals surface area contributed by atoms with Crippen LogP contribution in [0.15, 0.2) is 12.1 Å². The maximum Gasteiger partial charge on any atom is 0.251 e. The van der Waals surface area contributed by atoms with Gasteiger partial charge in [0, 0.05) is 30.8 Å². The summed E-state index contributed by atoms with van der Waals surface area (Å²) in [6.45, 7) is 5.20. The van der Waals surface area contributed by atoms with E-state index >= 15 is 0 Å². The van der Waals surface area contributed by atoms with Crippen LogP contribution in [0.5, 0.6) is 0 Å². The van der Waals surface area contributed by atoms with E-state index in [0.717, 1.165) is 31.5 Å². The Labute approximate surface area is 125 Å². The zero-order valence-corrected chi connectivity index (χ0v) is 12.7. The number of anilines is 1. The highest BCUT2D eigenvalue weighted by atomic mass is 16.2. The highest BCUT2D eigenvalue weighted by Crippen LogP contribution is 2.12. The molecule has 0 aromatic carbocycles. The fourth-order valence-electron chi connectivity index (χ4n) is 1.85. The average molecular weight is 292 g/mol. The van der Waals surface area contributed by atoms with E-state index in [1.807, 2.05) is 0 Å². The number of nitrogens with one attached hydrogen (secondary N) is 2. The minimum atomic E-state index is -0.429. The van der Waals surface area contributed by atoms with Gasteiger partial charge in [-0.2, -0.15) is 0 Å². The number of aryl methyl sites for hydroxylation is 1. The van der Waals surface area contributed by atoms with Crippen LogP contribution < -0.4 is 16.4 Å². The normalized spacial score (nSPS) is 10.2. The number of rotatable bonds is 9. The van der Waals surface area contributed by atoms with Gasteiger partial charge in [0.25, 0.3) is 5.91 Å². The summed E-state index contributed by atoms with van der Waals surface area (Å²) in [6, 6.07) is 3.52. The second-order valence-electron chi connectivity index (χ2n) is 4.88. The molecule has 6 nitrogen and oxygen atoms in total. The Hall–Kier alpha value is -2.11. The van der Waals surface area contributed by atoms with Crippen LogP contribution in [0.25, 0.3) is 0 Å². The van der Waals surface area contributed by atoms with Crippen LogP contribution in [0.4, 0.5) is 5.82 Å². The lowest BCUT2D eigenvalue weighted by Crippen LogP contribution is -2.28. The number of primary amides is 1. The third-order valence-electron chi connectivity index (χ3n) is 2.86. The van der Waals surface area contributed by atoms with Crippen molar-refractivity contribution in [3.05, 3.63) is 23.4 Å². The van der Waals surface area contributed by atoms with Crippen LogP contribution in [-0.4, -0.2) is 29.9 Å². The monoisotopic (exact) mass is 292 g/mol. The molecule has 0 radical (unpaired) electrons. The number of pyridine rings is 1. The number of hydrogen-bond donors (Lipinski definition) is 3. The third-order valence-corrected chi connectivity index (χ3v) is 2.86. The molecule has 2 amide bonds. The van der Waals surface area contributed by atoms with Gasteiger partial charge in [-0.25, -0.2) is 4.98 Å². The van der Waals surface area contributed by atoms with E-state index < -0.39 is 5.91 Å². The number of amides is 2. The first-order valence-corrected chi connectivity index (χ1v) is 7.38. The number of carbonyl (C=O) groups excluding carboxylic acids is 2. The van der Waals surface area contributed by atoms with E-state index in [1.165, 1.54) is 0 Å². The first kappa shape index (κ1) is 16.9. The van der Waals surface area contributed by atoms with E-state index in [1.54, 1.807) is 12.1 Å². The molecule has 1 rings (SSSR count). The van der Waals surface area contributed by atoms with Crippen molar-refractivity contribution in [1.29, 1.82) is 0 Å². The molecule has 0 bridgehead atoms. The van der Waals surface area contributed by atoms with Crippen LogP contribution in [0.2, 0.25) is 0 Å². The molecular weight excluding hydrogens is 268 g/mol. The van der Waals surface area contributed by atoms with Crippen LogP contribution >= 0.6 is 0 Å². The Morgan fingerprint density at radius 2 is 1.95 bits per heavy atom. The lowest BCUT2D eigenvalue weighted by Gasteiger charge is -2.10. The number of carbonyl (C=O) groups is 2. The lowest BCUT2D eigenvalue weighted by atomic mass is 10.1. The fourth-order valence-corrected chi connectivity index (χ4v) is 1.85. The second-order valence-corrected chi connectivity index (χ2v) is 4.88. The van der Waals surface area contributed by atoms with Gasteiger partial charge >= 0.3 is 0 Å². The summed E-state index contributed by atoms with van der Waals surface area (Å²) in [5, 5.41) is 5.89. The standard InChI is InChI=1S/C15H24N4O2/c1-3-5-12-9-11(10-14(19-12)17-7-4-2)15(21)18-8-6-13(16)20/h9-10H,3-8H2,1-2H3,(H2,16,20)(H,17,19)(H,18,21). The van der Waals surface area contributed by atoms with Gasteiger partial charge in [-0.3, -0.25) is 9.59 Å². The predicted molar refractivity (Wildman–Crippen MR) is 83.2 cm³/mol. The molecular formula is C15H24N4O2. The molecule has 21 heavy (non-hydrogen) atoms. The number of nitrogens with zero attached hydrogens (tertiary/aromatic N) is 1. The topological polar surface area (TPSA) is 97.1 Å². The van der Waals surface area contributed by atoms with Crippen molar-refractivity contribution in [2.45, 2.75) is 39.5 Å². The Kier molecular flexibility index (Phi) is 7.21. The lowest BCUT2D eigenvalue weighted by molar-refractivity contribution is -0.117. The highest BCUT2D eigenvalue weighted by Gasteiger charge is 2.10. The SMILES string of the molecule is CCCNc1cc(C(=O)NCCC(N)=O)cc(CCC)n1. The summed E-state index contributed by atoms with van der Waals surface area (Å²) in [5.41, 5.74) is 6.49. The summed E-state index contributed by atoms with van der Waals surface area (Å²) in [6.07, 6.45) is 2.91. The molecule has 1 aromatic heterocycles. The Bertz CT molecular complexity index is 489. The zero-order valence-electron chi connectivity index (χ0n) is 12.7. The maximum absolute atomic E-state index is 12.1. The Balaban J connectivity index is 2.80. The van der Waals surface area contributed by atoms with Crippen LogP contribution in [0.1, 0.15) is 49.2 Å². The maximum atomic E-state index is 12.1. The van der Waals surface area contributed by atoms with E-state index in [9.17, 15) is 9.59 Å². The predicted octanol–water partition coefficient (Wildman–Crippen LogP) is 1.46. The molecule has 116 valence electrons. The largest absolute Gasteiger partial charge is 0.370 e. The zero-order chi connectivity index (χ0) is 15.7. The average Bonchev–Trinajstić information content (AvgIpc) is 2.44. The van der Waals surface area contributed by atoms with Crippen molar-refractivity contribution in [3.63, 3.8) is 0 Å². The molecule has 0 aliphatic carbocycles. The van der Waals surface area contributed by atoms with Crippen molar-refractivity contribution in [2.24, 2.45) is 5.73 Å². The van der Waals surface area contributed by atoms with Crippen molar-refractivity contribution >= 4 is 17.6 Å². The first-order chi connectivity index (χ1) is 10.1. The minimum absolute atomic E-state index is 0.138. The van der Waals surface area contributed by atoms with E-state index in [-0.39, 0.29) is 18.9 Å². The highest BCUT2D eigenvalue weighted by molar-refractivity contribution is 5.95. The van der Waals surface area contributed by atoms with Gasteiger partial charge in [0.15, 0.2) is 0 Å². The minimum Gasteiger partial charge on any atom is -0.370 e. The fraction of sp³-hybridized carbons (Fsp3) is 0.533. The first-order valence-electron chi connectivity index (χ1n) is 7.38. The summed E-state index contributed by atoms with van der Waals surface area (Å²) >= 11 is 0. The van der Waals surface area contributed by atoms with E-state index in [2.05, 4.69) is 29.5 Å². The summed E-state index contributed by atoms with van der Waals surface area (Å²) in [7, 11) is 0. The van der Waals surface area contributed by atoms with E-state index in [0.29, 0.717) is 11.4 Å². The second kappa shape index (κ2) is 8.94. The Morgan fingerprint density at radius 1 is 1.19 bits per heavy atom.